The lowest BCUT2D eigenvalue weighted by Crippen LogP contribution is -2.44. The van der Waals surface area contributed by atoms with Gasteiger partial charge in [0.25, 0.3) is 0 Å². The molecule has 1 aliphatic carbocycles. The Kier molecular flexibility index (Phi) is 4.48. The van der Waals surface area contributed by atoms with Crippen LogP contribution in [0.3, 0.4) is 0 Å². The van der Waals surface area contributed by atoms with Gasteiger partial charge >= 0.3 is 0 Å². The first-order valence-corrected chi connectivity index (χ1v) is 8.33. The predicted molar refractivity (Wildman–Crippen MR) is 85.2 cm³/mol. The Morgan fingerprint density at radius 2 is 2.00 bits per heavy atom. The van der Waals surface area contributed by atoms with Crippen LogP contribution in [0.15, 0.2) is 24.3 Å². The number of amides is 1. The Bertz CT molecular complexity index is 522. The second-order valence-corrected chi connectivity index (χ2v) is 6.92. The minimum Gasteiger partial charge on any atom is -0.355 e. The van der Waals surface area contributed by atoms with Crippen LogP contribution in [-0.2, 0) is 10.2 Å². The standard InChI is InChI=1S/C18H25FN2O/c1-21-11-8-14(13-21)12-20-17(22)18(9-2-3-10-18)15-4-6-16(19)7-5-15/h4-7,14H,2-3,8-13H2,1H3,(H,20,22). The SMILES string of the molecule is CN1CCC(CNC(=O)C2(c3ccc(F)cc3)CCCC2)C1. The third kappa shape index (κ3) is 3.02. The predicted octanol–water partition coefficient (Wildman–Crippen LogP) is 2.71. The Morgan fingerprint density at radius 3 is 2.59 bits per heavy atom. The molecule has 1 heterocycles. The highest BCUT2D eigenvalue weighted by molar-refractivity contribution is 5.88. The van der Waals surface area contributed by atoms with E-state index in [4.69, 9.17) is 0 Å². The number of halogens is 1. The van der Waals surface area contributed by atoms with E-state index >= 15 is 0 Å². The molecule has 1 saturated carbocycles. The molecular weight excluding hydrogens is 279 g/mol. The van der Waals surface area contributed by atoms with Gasteiger partial charge in [-0.3, -0.25) is 4.79 Å². The molecule has 4 heteroatoms. The number of rotatable bonds is 4. The first kappa shape index (κ1) is 15.5. The fourth-order valence-electron chi connectivity index (χ4n) is 3.99. The van der Waals surface area contributed by atoms with Crippen LogP contribution < -0.4 is 5.32 Å². The summed E-state index contributed by atoms with van der Waals surface area (Å²) in [7, 11) is 2.12. The van der Waals surface area contributed by atoms with Crippen molar-refractivity contribution >= 4 is 5.91 Å². The Hall–Kier alpha value is -1.42. The summed E-state index contributed by atoms with van der Waals surface area (Å²) in [5.74, 6) is 0.443. The van der Waals surface area contributed by atoms with Gasteiger partial charge in [0.15, 0.2) is 0 Å². The molecule has 0 aromatic heterocycles. The molecule has 1 unspecified atom stereocenters. The minimum absolute atomic E-state index is 0.131. The quantitative estimate of drug-likeness (QED) is 0.927. The Labute approximate surface area is 131 Å². The molecule has 1 aliphatic heterocycles. The van der Waals surface area contributed by atoms with E-state index in [1.54, 1.807) is 12.1 Å². The second kappa shape index (κ2) is 6.37. The lowest BCUT2D eigenvalue weighted by atomic mass is 9.78. The number of hydrogen-bond acceptors (Lipinski definition) is 2. The summed E-state index contributed by atoms with van der Waals surface area (Å²) >= 11 is 0. The smallest absolute Gasteiger partial charge is 0.230 e. The molecular formula is C18H25FN2O. The zero-order chi connectivity index (χ0) is 15.6. The maximum absolute atomic E-state index is 13.2. The van der Waals surface area contributed by atoms with Crippen molar-refractivity contribution in [2.24, 2.45) is 5.92 Å². The highest BCUT2D eigenvalue weighted by Gasteiger charge is 2.42. The van der Waals surface area contributed by atoms with Crippen LogP contribution in [0, 0.1) is 11.7 Å². The molecule has 1 aromatic rings. The zero-order valence-electron chi connectivity index (χ0n) is 13.3. The van der Waals surface area contributed by atoms with Gasteiger partial charge in [-0.25, -0.2) is 4.39 Å². The molecule has 120 valence electrons. The van der Waals surface area contributed by atoms with Gasteiger partial charge in [-0.15, -0.1) is 0 Å². The van der Waals surface area contributed by atoms with Crippen LogP contribution in [0.5, 0.6) is 0 Å². The summed E-state index contributed by atoms with van der Waals surface area (Å²) in [5.41, 5.74) is 0.519. The number of nitrogens with zero attached hydrogens (tertiary/aromatic N) is 1. The minimum atomic E-state index is -0.446. The molecule has 2 aliphatic rings. The van der Waals surface area contributed by atoms with Crippen LogP contribution in [0.2, 0.25) is 0 Å². The van der Waals surface area contributed by atoms with Crippen LogP contribution in [-0.4, -0.2) is 37.5 Å². The van der Waals surface area contributed by atoms with Gasteiger partial charge in [0.1, 0.15) is 5.82 Å². The zero-order valence-corrected chi connectivity index (χ0v) is 13.3. The number of nitrogens with one attached hydrogen (secondary N) is 1. The molecule has 22 heavy (non-hydrogen) atoms. The van der Waals surface area contributed by atoms with E-state index in [1.165, 1.54) is 12.1 Å². The molecule has 1 aromatic carbocycles. The topological polar surface area (TPSA) is 32.3 Å². The summed E-state index contributed by atoms with van der Waals surface area (Å²) in [4.78, 5) is 15.2. The van der Waals surface area contributed by atoms with Crippen molar-refractivity contribution in [3.05, 3.63) is 35.6 Å². The van der Waals surface area contributed by atoms with Crippen molar-refractivity contribution in [3.8, 4) is 0 Å². The van der Waals surface area contributed by atoms with E-state index in [0.717, 1.165) is 57.3 Å². The van der Waals surface area contributed by atoms with Crippen molar-refractivity contribution in [1.82, 2.24) is 10.2 Å². The van der Waals surface area contributed by atoms with Crippen molar-refractivity contribution in [3.63, 3.8) is 0 Å². The molecule has 1 N–H and O–H groups in total. The highest BCUT2D eigenvalue weighted by atomic mass is 19.1. The summed E-state index contributed by atoms with van der Waals surface area (Å²) in [6.07, 6.45) is 5.03. The summed E-state index contributed by atoms with van der Waals surface area (Å²) in [6.45, 7) is 2.93. The van der Waals surface area contributed by atoms with E-state index < -0.39 is 5.41 Å². The number of benzene rings is 1. The maximum atomic E-state index is 13.2. The summed E-state index contributed by atoms with van der Waals surface area (Å²) in [5, 5.41) is 3.18. The fraction of sp³-hybridized carbons (Fsp3) is 0.611. The average Bonchev–Trinajstić information content (AvgIpc) is 3.15. The van der Waals surface area contributed by atoms with Gasteiger partial charge in [0.2, 0.25) is 5.91 Å². The van der Waals surface area contributed by atoms with Crippen LogP contribution in [0.1, 0.15) is 37.7 Å². The molecule has 0 spiro atoms. The van der Waals surface area contributed by atoms with Crippen LogP contribution in [0.4, 0.5) is 4.39 Å². The Morgan fingerprint density at radius 1 is 1.32 bits per heavy atom. The molecule has 3 rings (SSSR count). The van der Waals surface area contributed by atoms with E-state index in [2.05, 4.69) is 17.3 Å². The molecule has 1 saturated heterocycles. The average molecular weight is 304 g/mol. The molecule has 3 nitrogen and oxygen atoms in total. The van der Waals surface area contributed by atoms with Crippen molar-refractivity contribution in [2.45, 2.75) is 37.5 Å². The molecule has 0 bridgehead atoms. The third-order valence-electron chi connectivity index (χ3n) is 5.33. The third-order valence-corrected chi connectivity index (χ3v) is 5.33. The van der Waals surface area contributed by atoms with E-state index in [1.807, 2.05) is 0 Å². The maximum Gasteiger partial charge on any atom is 0.230 e. The number of hydrogen-bond donors (Lipinski definition) is 1. The van der Waals surface area contributed by atoms with Crippen LogP contribution >= 0.6 is 0 Å². The summed E-state index contributed by atoms with van der Waals surface area (Å²) < 4.78 is 13.2. The molecule has 1 atom stereocenters. The van der Waals surface area contributed by atoms with Crippen LogP contribution in [0.25, 0.3) is 0 Å². The van der Waals surface area contributed by atoms with E-state index in [9.17, 15) is 9.18 Å². The lowest BCUT2D eigenvalue weighted by Gasteiger charge is -2.29. The van der Waals surface area contributed by atoms with E-state index in [0.29, 0.717) is 5.92 Å². The first-order valence-electron chi connectivity index (χ1n) is 8.33. The molecule has 0 radical (unpaired) electrons. The van der Waals surface area contributed by atoms with Crippen molar-refractivity contribution in [2.75, 3.05) is 26.7 Å². The molecule has 2 fully saturated rings. The lowest BCUT2D eigenvalue weighted by molar-refractivity contribution is -0.126. The highest BCUT2D eigenvalue weighted by Crippen LogP contribution is 2.41. The normalized spacial score (nSPS) is 24.5. The number of likely N-dealkylation sites (tertiary alicyclic amines) is 1. The monoisotopic (exact) mass is 304 g/mol. The number of carbonyl (C=O) groups is 1. The molecule has 1 amide bonds. The Balaban J connectivity index is 1.70. The van der Waals surface area contributed by atoms with Gasteiger partial charge in [-0.05, 0) is 56.5 Å². The van der Waals surface area contributed by atoms with Gasteiger partial charge in [0.05, 0.1) is 5.41 Å². The van der Waals surface area contributed by atoms with Gasteiger partial charge < -0.3 is 10.2 Å². The second-order valence-electron chi connectivity index (χ2n) is 6.92. The van der Waals surface area contributed by atoms with Gasteiger partial charge in [-0.2, -0.15) is 0 Å². The summed E-state index contributed by atoms with van der Waals surface area (Å²) in [6, 6.07) is 6.50. The van der Waals surface area contributed by atoms with Crippen molar-refractivity contribution < 1.29 is 9.18 Å². The largest absolute Gasteiger partial charge is 0.355 e. The number of carbonyl (C=O) groups excluding carboxylic acids is 1. The van der Waals surface area contributed by atoms with Crippen molar-refractivity contribution in [1.29, 1.82) is 0 Å². The van der Waals surface area contributed by atoms with Gasteiger partial charge in [-0.1, -0.05) is 25.0 Å². The first-order chi connectivity index (χ1) is 10.6. The fourth-order valence-corrected chi connectivity index (χ4v) is 3.99. The van der Waals surface area contributed by atoms with Gasteiger partial charge in [0, 0.05) is 13.1 Å². The van der Waals surface area contributed by atoms with E-state index in [-0.39, 0.29) is 11.7 Å².